The number of carbonyl (C=O) groups is 1. The second kappa shape index (κ2) is 22.1. The van der Waals surface area contributed by atoms with Crippen molar-refractivity contribution in [1.29, 1.82) is 0 Å². The van der Waals surface area contributed by atoms with Crippen molar-refractivity contribution in [2.75, 3.05) is 19.6 Å². The fourth-order valence-corrected chi connectivity index (χ4v) is 7.41. The molecule has 1 aliphatic heterocycles. The summed E-state index contributed by atoms with van der Waals surface area (Å²) in [5.41, 5.74) is 1.52. The Bertz CT molecular complexity index is 1270. The number of aliphatic hydroxyl groups excluding tert-OH is 1. The van der Waals surface area contributed by atoms with Crippen LogP contribution in [-0.4, -0.2) is 40.9 Å². The Morgan fingerprint density at radius 2 is 1.12 bits per heavy atom. The van der Waals surface area contributed by atoms with E-state index in [-0.39, 0.29) is 5.92 Å². The van der Waals surface area contributed by atoms with Crippen molar-refractivity contribution in [3.05, 3.63) is 107 Å². The Hall–Kier alpha value is -2.99. The van der Waals surface area contributed by atoms with Gasteiger partial charge in [0.05, 0.1) is 31.2 Å². The summed E-state index contributed by atoms with van der Waals surface area (Å²) in [6, 6.07) is 27.4. The lowest BCUT2D eigenvalue weighted by Crippen LogP contribution is -3.13. The molecule has 1 heterocycles. The number of piperidine rings is 1. The molecule has 0 bridgehead atoms. The maximum Gasteiger partial charge on any atom is 0.313 e. The van der Waals surface area contributed by atoms with Gasteiger partial charge in [-0.1, -0.05) is 169 Å². The molecule has 276 valence electrons. The minimum atomic E-state index is -0.994. The molecule has 3 aromatic rings. The van der Waals surface area contributed by atoms with Crippen LogP contribution in [0.25, 0.3) is 0 Å². The average molecular weight is 687 g/mol. The van der Waals surface area contributed by atoms with Gasteiger partial charge >= 0.3 is 5.97 Å². The monoisotopic (exact) mass is 687 g/mol. The average Bonchev–Trinajstić information content (AvgIpc) is 3.15. The number of hydrogen-bond donors (Lipinski definition) is 4. The van der Waals surface area contributed by atoms with E-state index in [0.717, 1.165) is 61.2 Å². The van der Waals surface area contributed by atoms with Crippen molar-refractivity contribution in [2.24, 2.45) is 5.92 Å². The molecule has 1 unspecified atom stereocenters. The van der Waals surface area contributed by atoms with Gasteiger partial charge in [-0.3, -0.25) is 4.79 Å². The Morgan fingerprint density at radius 1 is 0.680 bits per heavy atom. The Kier molecular flexibility index (Phi) is 18.3. The van der Waals surface area contributed by atoms with E-state index in [1.54, 1.807) is 13.8 Å². The molecular formula is C45H68NO4+. The number of likely N-dealkylation sites (tertiary alicyclic amines) is 1. The Morgan fingerprint density at radius 3 is 1.54 bits per heavy atom. The lowest BCUT2D eigenvalue weighted by atomic mass is 9.72. The standard InChI is InChI=1S/C32H39NO4.C13H28/c1-31(2,30(35)36)25-17-15-24(16-18-25)29(34)14-9-21-33-22-19-28(20-23-33)32(37,26-10-5-3-6-11-26)27-12-7-4-8-13-27;1-3-5-7-9-11-13-12-10-8-6-4-2/h3-8,10-13,15-18,28-29,34,37H,9,14,19-23H2,1-2H3,(H,35,36);3-13H2,1-2H3/p+1. The maximum absolute atomic E-state index is 12.1. The summed E-state index contributed by atoms with van der Waals surface area (Å²) >= 11 is 0. The van der Waals surface area contributed by atoms with Crippen LogP contribution in [-0.2, 0) is 15.8 Å². The van der Waals surface area contributed by atoms with Gasteiger partial charge in [0.1, 0.15) is 5.60 Å². The SMILES string of the molecule is CC(C)(C(=O)O)c1ccc(C(O)CCC[NH+]2CCC(C(O)(c3ccccc3)c3ccccc3)CC2)cc1.CCCCCCCCCCCCC. The first kappa shape index (κ1) is 41.4. The van der Waals surface area contributed by atoms with Crippen LogP contribution < -0.4 is 4.90 Å². The number of aliphatic carboxylic acids is 1. The van der Waals surface area contributed by atoms with E-state index < -0.39 is 23.1 Å². The molecule has 0 radical (unpaired) electrons. The van der Waals surface area contributed by atoms with Crippen LogP contribution in [0.15, 0.2) is 84.9 Å². The first-order valence-electron chi connectivity index (χ1n) is 19.8. The highest BCUT2D eigenvalue weighted by Gasteiger charge is 2.42. The van der Waals surface area contributed by atoms with E-state index >= 15 is 0 Å². The molecule has 0 spiro atoms. The summed E-state index contributed by atoms with van der Waals surface area (Å²) in [6.45, 7) is 10.9. The van der Waals surface area contributed by atoms with E-state index in [1.165, 1.54) is 75.5 Å². The number of aliphatic hydroxyl groups is 2. The summed E-state index contributed by atoms with van der Waals surface area (Å²) in [6.07, 6.45) is 18.8. The zero-order chi connectivity index (χ0) is 36.2. The van der Waals surface area contributed by atoms with Gasteiger partial charge in [0, 0.05) is 18.8 Å². The molecule has 1 fully saturated rings. The molecule has 5 heteroatoms. The molecular weight excluding hydrogens is 618 g/mol. The summed E-state index contributed by atoms with van der Waals surface area (Å²) < 4.78 is 0. The van der Waals surface area contributed by atoms with Gasteiger partial charge in [-0.15, -0.1) is 0 Å². The summed E-state index contributed by atoms with van der Waals surface area (Å²) in [7, 11) is 0. The van der Waals surface area contributed by atoms with Crippen molar-refractivity contribution in [2.45, 2.75) is 141 Å². The molecule has 1 saturated heterocycles. The fourth-order valence-electron chi connectivity index (χ4n) is 7.41. The van der Waals surface area contributed by atoms with Crippen molar-refractivity contribution in [3.8, 4) is 0 Å². The lowest BCUT2D eigenvalue weighted by molar-refractivity contribution is -0.906. The van der Waals surface area contributed by atoms with Gasteiger partial charge in [-0.25, -0.2) is 0 Å². The molecule has 4 N–H and O–H groups in total. The normalized spacial score (nSPS) is 17.1. The number of carboxylic acids is 1. The fraction of sp³-hybridized carbons (Fsp3) is 0.578. The minimum Gasteiger partial charge on any atom is -0.481 e. The highest BCUT2D eigenvalue weighted by Crippen LogP contribution is 2.40. The molecule has 0 aromatic heterocycles. The number of nitrogens with one attached hydrogen (secondary N) is 1. The topological polar surface area (TPSA) is 82.2 Å². The smallest absolute Gasteiger partial charge is 0.313 e. The van der Waals surface area contributed by atoms with E-state index in [4.69, 9.17) is 0 Å². The van der Waals surface area contributed by atoms with Crippen LogP contribution in [0.3, 0.4) is 0 Å². The first-order valence-corrected chi connectivity index (χ1v) is 19.8. The largest absolute Gasteiger partial charge is 0.481 e. The summed E-state index contributed by atoms with van der Waals surface area (Å²) in [4.78, 5) is 13.0. The predicted octanol–water partition coefficient (Wildman–Crippen LogP) is 9.41. The number of carboxylic acid groups (broad SMARTS) is 1. The molecule has 50 heavy (non-hydrogen) atoms. The van der Waals surface area contributed by atoms with Gasteiger partial charge in [0.2, 0.25) is 0 Å². The molecule has 0 amide bonds. The molecule has 0 saturated carbocycles. The van der Waals surface area contributed by atoms with Crippen LogP contribution in [0.1, 0.15) is 152 Å². The van der Waals surface area contributed by atoms with Crippen LogP contribution in [0.5, 0.6) is 0 Å². The Balaban J connectivity index is 0.000000442. The number of quaternary nitrogens is 1. The van der Waals surface area contributed by atoms with Crippen molar-refractivity contribution < 1.29 is 25.0 Å². The van der Waals surface area contributed by atoms with Crippen LogP contribution >= 0.6 is 0 Å². The van der Waals surface area contributed by atoms with Gasteiger partial charge in [0.15, 0.2) is 0 Å². The molecule has 5 nitrogen and oxygen atoms in total. The van der Waals surface area contributed by atoms with Crippen LogP contribution in [0.4, 0.5) is 0 Å². The quantitative estimate of drug-likeness (QED) is 0.0893. The third-order valence-corrected chi connectivity index (χ3v) is 11.0. The number of unbranched alkanes of at least 4 members (excludes halogenated alkanes) is 10. The highest BCUT2D eigenvalue weighted by atomic mass is 16.4. The zero-order valence-electron chi connectivity index (χ0n) is 31.7. The lowest BCUT2D eigenvalue weighted by Gasteiger charge is -2.41. The molecule has 4 rings (SSSR count). The second-order valence-corrected chi connectivity index (χ2v) is 15.2. The third-order valence-electron chi connectivity index (χ3n) is 11.0. The minimum absolute atomic E-state index is 0.153. The molecule has 3 aromatic carbocycles. The van der Waals surface area contributed by atoms with Crippen molar-refractivity contribution in [3.63, 3.8) is 0 Å². The zero-order valence-corrected chi connectivity index (χ0v) is 31.7. The molecule has 1 aliphatic rings. The summed E-state index contributed by atoms with van der Waals surface area (Å²) in [5, 5.41) is 32.2. The number of hydrogen-bond acceptors (Lipinski definition) is 3. The van der Waals surface area contributed by atoms with Crippen LogP contribution in [0.2, 0.25) is 0 Å². The van der Waals surface area contributed by atoms with Crippen LogP contribution in [0, 0.1) is 5.92 Å². The van der Waals surface area contributed by atoms with Gasteiger partial charge < -0.3 is 20.2 Å². The highest BCUT2D eigenvalue weighted by molar-refractivity contribution is 5.80. The van der Waals surface area contributed by atoms with Gasteiger partial charge in [0.25, 0.3) is 0 Å². The number of rotatable bonds is 20. The van der Waals surface area contributed by atoms with Crippen molar-refractivity contribution in [1.82, 2.24) is 0 Å². The second-order valence-electron chi connectivity index (χ2n) is 15.2. The van der Waals surface area contributed by atoms with Gasteiger partial charge in [-0.05, 0) is 48.9 Å². The summed E-state index contributed by atoms with van der Waals surface area (Å²) in [5.74, 6) is -0.710. The van der Waals surface area contributed by atoms with Crippen molar-refractivity contribution >= 4 is 5.97 Å². The van der Waals surface area contributed by atoms with E-state index in [0.29, 0.717) is 6.42 Å². The van der Waals surface area contributed by atoms with E-state index in [1.807, 2.05) is 84.9 Å². The first-order chi connectivity index (χ1) is 24.1. The predicted molar refractivity (Wildman–Crippen MR) is 208 cm³/mol. The van der Waals surface area contributed by atoms with E-state index in [2.05, 4.69) is 13.8 Å². The van der Waals surface area contributed by atoms with E-state index in [9.17, 15) is 20.1 Å². The number of benzene rings is 3. The van der Waals surface area contributed by atoms with Gasteiger partial charge in [-0.2, -0.15) is 0 Å². The third kappa shape index (κ3) is 12.7. The maximum atomic E-state index is 12.1. The molecule has 1 atom stereocenters. The Labute approximate surface area is 304 Å². The molecule has 0 aliphatic carbocycles.